The first-order chi connectivity index (χ1) is 16.2. The zero-order valence-electron chi connectivity index (χ0n) is 19.0. The van der Waals surface area contributed by atoms with Gasteiger partial charge in [0.2, 0.25) is 0 Å². The molecule has 4 nitrogen and oxygen atoms in total. The highest BCUT2D eigenvalue weighted by molar-refractivity contribution is 6.31. The summed E-state index contributed by atoms with van der Waals surface area (Å²) in [6.07, 6.45) is 4.04. The quantitative estimate of drug-likeness (QED) is 0.250. The van der Waals surface area contributed by atoms with Gasteiger partial charge in [-0.15, -0.1) is 0 Å². The number of pyridine rings is 1. The molecule has 0 spiro atoms. The van der Waals surface area contributed by atoms with Crippen LogP contribution in [0.4, 0.5) is 5.69 Å². The van der Waals surface area contributed by atoms with Crippen molar-refractivity contribution in [1.82, 2.24) is 9.88 Å². The summed E-state index contributed by atoms with van der Waals surface area (Å²) < 4.78 is 5.30. The van der Waals surface area contributed by atoms with E-state index < -0.39 is 0 Å². The van der Waals surface area contributed by atoms with E-state index in [4.69, 9.17) is 16.3 Å². The first-order valence-corrected chi connectivity index (χ1v) is 11.8. The minimum absolute atomic E-state index is 0.711. The van der Waals surface area contributed by atoms with Gasteiger partial charge in [0.25, 0.3) is 0 Å². The fraction of sp³-hybridized carbons (Fsp3) is 0.250. The Morgan fingerprint density at radius 1 is 0.879 bits per heavy atom. The van der Waals surface area contributed by atoms with Crippen LogP contribution in [-0.4, -0.2) is 30.1 Å². The molecule has 3 aromatic carbocycles. The summed E-state index contributed by atoms with van der Waals surface area (Å²) in [5.74, 6) is 0.894. The lowest BCUT2D eigenvalue weighted by Crippen LogP contribution is -2.24. The van der Waals surface area contributed by atoms with Gasteiger partial charge >= 0.3 is 0 Å². The van der Waals surface area contributed by atoms with Crippen molar-refractivity contribution in [2.75, 3.05) is 25.5 Å². The van der Waals surface area contributed by atoms with Gasteiger partial charge in [-0.05, 0) is 66.9 Å². The van der Waals surface area contributed by atoms with Gasteiger partial charge in [-0.25, -0.2) is 0 Å². The number of unbranched alkanes of at least 4 members (excludes halogenated alkanes) is 1. The fourth-order valence-corrected chi connectivity index (χ4v) is 4.17. The SMILES string of the molecule is COc1ccc(CN(CCCCNc2ccnc3cc(Cl)ccc23)Cc2ccccc2)cc1. The number of ether oxygens (including phenoxy) is 1. The topological polar surface area (TPSA) is 37.4 Å². The molecule has 4 aromatic rings. The molecule has 170 valence electrons. The number of anilines is 1. The van der Waals surface area contributed by atoms with Gasteiger partial charge in [0.15, 0.2) is 0 Å². The second kappa shape index (κ2) is 11.7. The Labute approximate surface area is 201 Å². The Morgan fingerprint density at radius 2 is 1.64 bits per heavy atom. The maximum absolute atomic E-state index is 6.11. The second-order valence-corrected chi connectivity index (χ2v) is 8.63. The van der Waals surface area contributed by atoms with Crippen molar-refractivity contribution in [2.24, 2.45) is 0 Å². The van der Waals surface area contributed by atoms with E-state index in [0.717, 1.165) is 61.4 Å². The van der Waals surface area contributed by atoms with Gasteiger partial charge in [0, 0.05) is 41.9 Å². The molecule has 0 amide bonds. The molecular weight excluding hydrogens is 430 g/mol. The van der Waals surface area contributed by atoms with Crippen LogP contribution >= 0.6 is 11.6 Å². The Kier molecular flexibility index (Phi) is 8.18. The molecule has 33 heavy (non-hydrogen) atoms. The zero-order chi connectivity index (χ0) is 22.9. The molecule has 0 unspecified atom stereocenters. The van der Waals surface area contributed by atoms with Crippen molar-refractivity contribution >= 4 is 28.2 Å². The van der Waals surface area contributed by atoms with Crippen LogP contribution in [0.5, 0.6) is 5.75 Å². The summed E-state index contributed by atoms with van der Waals surface area (Å²) in [5, 5.41) is 5.39. The van der Waals surface area contributed by atoms with Gasteiger partial charge in [-0.1, -0.05) is 54.1 Å². The lowest BCUT2D eigenvalue weighted by Gasteiger charge is -2.23. The Hall–Kier alpha value is -3.08. The lowest BCUT2D eigenvalue weighted by atomic mass is 10.1. The van der Waals surface area contributed by atoms with Gasteiger partial charge in [-0.2, -0.15) is 0 Å². The van der Waals surface area contributed by atoms with E-state index in [1.165, 1.54) is 11.1 Å². The third-order valence-corrected chi connectivity index (χ3v) is 5.97. The predicted molar refractivity (Wildman–Crippen MR) is 138 cm³/mol. The molecule has 0 aliphatic heterocycles. The molecular formula is C28H30ClN3O. The molecule has 1 aromatic heterocycles. The van der Waals surface area contributed by atoms with Crippen LogP contribution in [0, 0.1) is 0 Å². The molecule has 0 saturated heterocycles. The molecule has 0 aliphatic carbocycles. The van der Waals surface area contributed by atoms with Crippen LogP contribution < -0.4 is 10.1 Å². The normalized spacial score (nSPS) is 11.1. The standard InChI is InChI=1S/C28H30ClN3O/c1-33-25-12-9-23(10-13-25)21-32(20-22-7-3-2-4-8-22)18-6-5-16-30-27-15-17-31-28-19-24(29)11-14-26(27)28/h2-4,7-15,17,19H,5-6,16,18,20-21H2,1H3,(H,30,31). The number of nitrogens with one attached hydrogen (secondary N) is 1. The molecule has 0 radical (unpaired) electrons. The number of nitrogens with zero attached hydrogens (tertiary/aromatic N) is 2. The van der Waals surface area contributed by atoms with Crippen LogP contribution in [0.3, 0.4) is 0 Å². The number of fused-ring (bicyclic) bond motifs is 1. The first-order valence-electron chi connectivity index (χ1n) is 11.4. The molecule has 0 atom stereocenters. The van der Waals surface area contributed by atoms with Crippen molar-refractivity contribution in [1.29, 1.82) is 0 Å². The highest BCUT2D eigenvalue weighted by atomic mass is 35.5. The summed E-state index contributed by atoms with van der Waals surface area (Å²) in [6.45, 7) is 3.82. The predicted octanol–water partition coefficient (Wildman–Crippen LogP) is 6.79. The average molecular weight is 460 g/mol. The number of hydrogen-bond donors (Lipinski definition) is 1. The van der Waals surface area contributed by atoms with Crippen LogP contribution in [0.15, 0.2) is 85.1 Å². The highest BCUT2D eigenvalue weighted by Gasteiger charge is 2.08. The third kappa shape index (κ3) is 6.70. The summed E-state index contributed by atoms with van der Waals surface area (Å²) in [5.41, 5.74) is 4.66. The molecule has 4 rings (SSSR count). The maximum atomic E-state index is 6.11. The monoisotopic (exact) mass is 459 g/mol. The van der Waals surface area contributed by atoms with E-state index >= 15 is 0 Å². The fourth-order valence-electron chi connectivity index (χ4n) is 4.00. The third-order valence-electron chi connectivity index (χ3n) is 5.74. The van der Waals surface area contributed by atoms with Crippen molar-refractivity contribution in [3.63, 3.8) is 0 Å². The minimum Gasteiger partial charge on any atom is -0.497 e. The number of aromatic nitrogens is 1. The van der Waals surface area contributed by atoms with Crippen molar-refractivity contribution in [3.05, 3.63) is 101 Å². The Morgan fingerprint density at radius 3 is 2.39 bits per heavy atom. The molecule has 0 saturated carbocycles. The zero-order valence-corrected chi connectivity index (χ0v) is 19.8. The van der Waals surface area contributed by atoms with Gasteiger partial charge < -0.3 is 10.1 Å². The molecule has 5 heteroatoms. The van der Waals surface area contributed by atoms with E-state index in [2.05, 4.69) is 57.7 Å². The Bertz CT molecular complexity index is 1150. The number of rotatable bonds is 11. The van der Waals surface area contributed by atoms with E-state index in [-0.39, 0.29) is 0 Å². The van der Waals surface area contributed by atoms with Gasteiger partial charge in [-0.3, -0.25) is 9.88 Å². The minimum atomic E-state index is 0.711. The van der Waals surface area contributed by atoms with Crippen LogP contribution in [0.1, 0.15) is 24.0 Å². The summed E-state index contributed by atoms with van der Waals surface area (Å²) in [7, 11) is 1.70. The smallest absolute Gasteiger partial charge is 0.118 e. The van der Waals surface area contributed by atoms with E-state index in [9.17, 15) is 0 Å². The average Bonchev–Trinajstić information content (AvgIpc) is 2.84. The number of hydrogen-bond acceptors (Lipinski definition) is 4. The lowest BCUT2D eigenvalue weighted by molar-refractivity contribution is 0.252. The number of halogens is 1. The van der Waals surface area contributed by atoms with Gasteiger partial charge in [0.05, 0.1) is 12.6 Å². The van der Waals surface area contributed by atoms with Crippen molar-refractivity contribution < 1.29 is 4.74 Å². The van der Waals surface area contributed by atoms with Crippen LogP contribution in [0.2, 0.25) is 5.02 Å². The second-order valence-electron chi connectivity index (χ2n) is 8.20. The first kappa shape index (κ1) is 23.1. The van der Waals surface area contributed by atoms with Crippen LogP contribution in [-0.2, 0) is 13.1 Å². The van der Waals surface area contributed by atoms with Crippen LogP contribution in [0.25, 0.3) is 10.9 Å². The van der Waals surface area contributed by atoms with Crippen molar-refractivity contribution in [2.45, 2.75) is 25.9 Å². The Balaban J connectivity index is 1.32. The van der Waals surface area contributed by atoms with Gasteiger partial charge in [0.1, 0.15) is 5.75 Å². The van der Waals surface area contributed by atoms with E-state index in [1.54, 1.807) is 7.11 Å². The molecule has 0 fully saturated rings. The van der Waals surface area contributed by atoms with E-state index in [1.807, 2.05) is 42.6 Å². The summed E-state index contributed by atoms with van der Waals surface area (Å²) in [6, 6.07) is 26.9. The molecule has 1 N–H and O–H groups in total. The summed E-state index contributed by atoms with van der Waals surface area (Å²) in [4.78, 5) is 6.94. The largest absolute Gasteiger partial charge is 0.497 e. The molecule has 1 heterocycles. The number of methoxy groups -OCH3 is 1. The maximum Gasteiger partial charge on any atom is 0.118 e. The molecule has 0 aliphatic rings. The van der Waals surface area contributed by atoms with Crippen molar-refractivity contribution in [3.8, 4) is 5.75 Å². The summed E-state index contributed by atoms with van der Waals surface area (Å²) >= 11 is 6.11. The van der Waals surface area contributed by atoms with E-state index in [0.29, 0.717) is 5.02 Å². The number of benzene rings is 3. The highest BCUT2D eigenvalue weighted by Crippen LogP contribution is 2.24. The molecule has 0 bridgehead atoms.